The number of benzene rings is 1. The lowest BCUT2D eigenvalue weighted by atomic mass is 9.71. The first-order valence-corrected chi connectivity index (χ1v) is 8.43. The molecule has 0 bridgehead atoms. The van der Waals surface area contributed by atoms with Crippen molar-refractivity contribution in [2.24, 2.45) is 5.41 Å². The van der Waals surface area contributed by atoms with Crippen molar-refractivity contribution in [3.63, 3.8) is 0 Å². The first-order valence-electron chi connectivity index (χ1n) is 8.43. The number of hydrogen-bond acceptors (Lipinski definition) is 4. The molecule has 0 radical (unpaired) electrons. The maximum absolute atomic E-state index is 11.8. The number of amides is 1. The number of carbonyl (C=O) groups is 1. The number of hydrogen-bond donors (Lipinski definition) is 1. The molecule has 0 unspecified atom stereocenters. The molecule has 0 spiro atoms. The van der Waals surface area contributed by atoms with Crippen LogP contribution < -0.4 is 0 Å². The molecule has 2 rings (SSSR count). The van der Waals surface area contributed by atoms with E-state index in [1.165, 1.54) is 12.1 Å². The maximum atomic E-state index is 11.8. The maximum Gasteiger partial charge on any atom is 0.408 e. The predicted octanol–water partition coefficient (Wildman–Crippen LogP) is 3.58. The highest BCUT2D eigenvalue weighted by Gasteiger charge is 2.50. The highest BCUT2D eigenvalue weighted by molar-refractivity contribution is 5.67. The first kappa shape index (κ1) is 19.2. The first-order chi connectivity index (χ1) is 11.5. The van der Waals surface area contributed by atoms with Crippen molar-refractivity contribution in [2.75, 3.05) is 13.1 Å². The Balaban J connectivity index is 2.23. The molecule has 138 valence electrons. The molecule has 1 N–H and O–H groups in total. The minimum absolute atomic E-state index is 0.0762. The van der Waals surface area contributed by atoms with E-state index in [9.17, 15) is 20.0 Å². The summed E-state index contributed by atoms with van der Waals surface area (Å²) in [4.78, 5) is 26.0. The summed E-state index contributed by atoms with van der Waals surface area (Å²) in [7, 11) is 0. The van der Waals surface area contributed by atoms with Crippen LogP contribution in [0.3, 0.4) is 0 Å². The fourth-order valence-electron chi connectivity index (χ4n) is 3.62. The predicted molar refractivity (Wildman–Crippen MR) is 95.6 cm³/mol. The van der Waals surface area contributed by atoms with Crippen molar-refractivity contribution < 1.29 is 14.8 Å². The smallest absolute Gasteiger partial charge is 0.408 e. The quantitative estimate of drug-likeness (QED) is 0.666. The van der Waals surface area contributed by atoms with E-state index in [0.717, 1.165) is 5.56 Å². The van der Waals surface area contributed by atoms with E-state index >= 15 is 0 Å². The molecule has 1 aliphatic heterocycles. The molecule has 1 aromatic carbocycles. The topological polar surface area (TPSA) is 86.9 Å². The van der Waals surface area contributed by atoms with Crippen molar-refractivity contribution in [1.29, 1.82) is 0 Å². The Morgan fingerprint density at radius 1 is 1.36 bits per heavy atom. The zero-order valence-electron chi connectivity index (χ0n) is 15.5. The number of nitrogens with zero attached hydrogens (tertiary/aromatic N) is 3. The lowest BCUT2D eigenvalue weighted by Gasteiger charge is -2.57. The minimum atomic E-state index is -0.889. The van der Waals surface area contributed by atoms with Crippen LogP contribution in [0.5, 0.6) is 0 Å². The van der Waals surface area contributed by atoms with Gasteiger partial charge in [0, 0.05) is 37.8 Å². The summed E-state index contributed by atoms with van der Waals surface area (Å²) in [5, 5.41) is 20.5. The number of nitro groups is 1. The van der Waals surface area contributed by atoms with E-state index in [1.54, 1.807) is 17.0 Å². The van der Waals surface area contributed by atoms with E-state index in [4.69, 9.17) is 0 Å². The van der Waals surface area contributed by atoms with E-state index in [-0.39, 0.29) is 17.1 Å². The Morgan fingerprint density at radius 2 is 1.92 bits per heavy atom. The lowest BCUT2D eigenvalue weighted by molar-refractivity contribution is -0.384. The summed E-state index contributed by atoms with van der Waals surface area (Å²) in [6.07, 6.45) is -0.889. The molecule has 2 atom stereocenters. The summed E-state index contributed by atoms with van der Waals surface area (Å²) in [5.41, 5.74) is 0.301. The van der Waals surface area contributed by atoms with Gasteiger partial charge < -0.3 is 5.11 Å². The number of non-ortho nitro benzene ring substituents is 1. The fourth-order valence-corrected chi connectivity index (χ4v) is 3.62. The Morgan fingerprint density at radius 3 is 2.36 bits per heavy atom. The average Bonchev–Trinajstić information content (AvgIpc) is 2.45. The van der Waals surface area contributed by atoms with Crippen molar-refractivity contribution in [3.05, 3.63) is 39.9 Å². The van der Waals surface area contributed by atoms with Crippen molar-refractivity contribution in [3.8, 4) is 0 Å². The zero-order valence-corrected chi connectivity index (χ0v) is 15.5. The molecule has 25 heavy (non-hydrogen) atoms. The van der Waals surface area contributed by atoms with Gasteiger partial charge in [-0.3, -0.25) is 19.9 Å². The van der Waals surface area contributed by atoms with Gasteiger partial charge in [-0.25, -0.2) is 4.79 Å². The van der Waals surface area contributed by atoms with Crippen molar-refractivity contribution >= 4 is 11.8 Å². The third kappa shape index (κ3) is 3.76. The van der Waals surface area contributed by atoms with Crippen LogP contribution in [0.2, 0.25) is 0 Å². The van der Waals surface area contributed by atoms with Crippen LogP contribution in [0.1, 0.15) is 40.2 Å². The molecule has 1 aliphatic rings. The molecule has 1 saturated heterocycles. The van der Waals surface area contributed by atoms with Gasteiger partial charge in [-0.2, -0.15) is 0 Å². The summed E-state index contributed by atoms with van der Waals surface area (Å²) in [5.74, 6) is 0. The van der Waals surface area contributed by atoms with Gasteiger partial charge in [-0.1, -0.05) is 32.9 Å². The normalized spacial score (nSPS) is 25.0. The Kier molecular flexibility index (Phi) is 5.09. The van der Waals surface area contributed by atoms with Gasteiger partial charge in [0.15, 0.2) is 0 Å². The number of carboxylic acid groups (broad SMARTS) is 1. The largest absolute Gasteiger partial charge is 0.465 e. The molecule has 7 nitrogen and oxygen atoms in total. The van der Waals surface area contributed by atoms with E-state index in [0.29, 0.717) is 19.6 Å². The van der Waals surface area contributed by atoms with Crippen LogP contribution in [0.4, 0.5) is 10.5 Å². The van der Waals surface area contributed by atoms with E-state index in [2.05, 4.69) is 25.7 Å². The summed E-state index contributed by atoms with van der Waals surface area (Å²) < 4.78 is 0. The van der Waals surface area contributed by atoms with Gasteiger partial charge in [0.1, 0.15) is 0 Å². The van der Waals surface area contributed by atoms with Crippen molar-refractivity contribution in [2.45, 2.75) is 52.7 Å². The lowest BCUT2D eigenvalue weighted by Crippen LogP contribution is -2.70. The minimum Gasteiger partial charge on any atom is -0.465 e. The third-order valence-electron chi connectivity index (χ3n) is 5.40. The van der Waals surface area contributed by atoms with Crippen LogP contribution in [0, 0.1) is 15.5 Å². The molecule has 1 heterocycles. The average molecular weight is 349 g/mol. The van der Waals surface area contributed by atoms with E-state index < -0.39 is 16.6 Å². The molecule has 1 aromatic rings. The monoisotopic (exact) mass is 349 g/mol. The van der Waals surface area contributed by atoms with Crippen LogP contribution in [-0.4, -0.2) is 50.6 Å². The van der Waals surface area contributed by atoms with Crippen molar-refractivity contribution in [1.82, 2.24) is 9.80 Å². The molecule has 7 heteroatoms. The van der Waals surface area contributed by atoms with Crippen LogP contribution in [-0.2, 0) is 6.54 Å². The number of rotatable bonds is 3. The second kappa shape index (κ2) is 6.63. The summed E-state index contributed by atoms with van der Waals surface area (Å²) >= 11 is 0. The molecule has 0 aromatic heterocycles. The van der Waals surface area contributed by atoms with Gasteiger partial charge in [0.2, 0.25) is 0 Å². The molecular formula is C18H27N3O4. The van der Waals surface area contributed by atoms with Gasteiger partial charge in [0.25, 0.3) is 5.69 Å². The van der Waals surface area contributed by atoms with E-state index in [1.807, 2.05) is 13.8 Å². The Bertz CT molecular complexity index is 653. The Hall–Kier alpha value is -2.15. The zero-order chi connectivity index (χ0) is 19.0. The summed E-state index contributed by atoms with van der Waals surface area (Å²) in [6.45, 7) is 12.0. The molecule has 0 saturated carbocycles. The van der Waals surface area contributed by atoms with Crippen LogP contribution in [0.25, 0.3) is 0 Å². The SMILES string of the molecule is C[C@H]1CN(Cc2ccc([N+](=O)[O-])cc2)C[C@@](C)(C(C)(C)C)N1C(=O)O. The van der Waals surface area contributed by atoms with Gasteiger partial charge >= 0.3 is 6.09 Å². The third-order valence-corrected chi connectivity index (χ3v) is 5.40. The molecule has 1 fully saturated rings. The number of nitro benzene ring substituents is 1. The summed E-state index contributed by atoms with van der Waals surface area (Å²) in [6, 6.07) is 6.42. The fraction of sp³-hybridized carbons (Fsp3) is 0.611. The standard InChI is InChI=1S/C18H27N3O4/c1-13-10-19(11-14-6-8-15(9-7-14)21(24)25)12-18(5,17(2,3)4)20(13)16(22)23/h6-9,13H,10-12H2,1-5H3,(H,22,23)/t13-,18-/m0/s1. The second-order valence-corrected chi connectivity index (χ2v) is 8.12. The number of piperazine rings is 1. The Labute approximate surface area is 148 Å². The second-order valence-electron chi connectivity index (χ2n) is 8.12. The van der Waals surface area contributed by atoms with Gasteiger partial charge in [0.05, 0.1) is 10.5 Å². The molecule has 0 aliphatic carbocycles. The molecule has 1 amide bonds. The van der Waals surface area contributed by atoms with Gasteiger partial charge in [-0.05, 0) is 24.8 Å². The highest BCUT2D eigenvalue weighted by Crippen LogP contribution is 2.40. The highest BCUT2D eigenvalue weighted by atomic mass is 16.6. The van der Waals surface area contributed by atoms with Crippen LogP contribution >= 0.6 is 0 Å². The molecular weight excluding hydrogens is 322 g/mol. The van der Waals surface area contributed by atoms with Crippen LogP contribution in [0.15, 0.2) is 24.3 Å². The van der Waals surface area contributed by atoms with Gasteiger partial charge in [-0.15, -0.1) is 0 Å².